The highest BCUT2D eigenvalue weighted by molar-refractivity contribution is 5.91. The van der Waals surface area contributed by atoms with E-state index in [1.54, 1.807) is 30.3 Å². The van der Waals surface area contributed by atoms with Gasteiger partial charge in [-0.15, -0.1) is 0 Å². The number of carboxylic acid groups (broad SMARTS) is 1. The molecule has 31 heavy (non-hydrogen) atoms. The standard InChI is InChI=1S/C20H17N7O4/c1-26-11-14(10-23-26)16-8-17(25-20(28)29)18(27(30)31)19(24-16)22-9-12-4-5-15-13(7-12)3-2-6-21-15/h2-8,10-11H,9H2,1H3,(H,28,29)(H2,22,24,25). The highest BCUT2D eigenvalue weighted by atomic mass is 16.6. The van der Waals surface area contributed by atoms with Crippen molar-refractivity contribution in [3.05, 3.63) is 70.7 Å². The van der Waals surface area contributed by atoms with Gasteiger partial charge in [-0.1, -0.05) is 12.1 Å². The quantitative estimate of drug-likeness (QED) is 0.317. The average Bonchev–Trinajstić information content (AvgIpc) is 3.17. The number of aromatic nitrogens is 4. The van der Waals surface area contributed by atoms with E-state index in [1.807, 2.05) is 30.3 Å². The number of benzene rings is 1. The van der Waals surface area contributed by atoms with Crippen LogP contribution in [-0.2, 0) is 13.6 Å². The van der Waals surface area contributed by atoms with Crippen LogP contribution in [0, 0.1) is 10.1 Å². The van der Waals surface area contributed by atoms with Gasteiger partial charge in [-0.2, -0.15) is 5.10 Å². The lowest BCUT2D eigenvalue weighted by Crippen LogP contribution is -2.12. The Bertz CT molecular complexity index is 1300. The second kappa shape index (κ2) is 8.06. The average molecular weight is 419 g/mol. The first kappa shape index (κ1) is 19.8. The van der Waals surface area contributed by atoms with Crippen LogP contribution in [0.5, 0.6) is 0 Å². The molecule has 0 aliphatic rings. The van der Waals surface area contributed by atoms with E-state index in [0.29, 0.717) is 11.3 Å². The minimum absolute atomic E-state index is 0.0543. The van der Waals surface area contributed by atoms with Gasteiger partial charge in [0.15, 0.2) is 0 Å². The van der Waals surface area contributed by atoms with E-state index in [9.17, 15) is 14.9 Å². The van der Waals surface area contributed by atoms with Crippen LogP contribution in [0.1, 0.15) is 5.56 Å². The zero-order valence-electron chi connectivity index (χ0n) is 16.3. The van der Waals surface area contributed by atoms with Crippen molar-refractivity contribution in [2.75, 3.05) is 10.6 Å². The van der Waals surface area contributed by atoms with E-state index < -0.39 is 16.7 Å². The van der Waals surface area contributed by atoms with Gasteiger partial charge in [0, 0.05) is 36.9 Å². The molecule has 4 aromatic rings. The number of hydrogen-bond donors (Lipinski definition) is 3. The predicted molar refractivity (Wildman–Crippen MR) is 114 cm³/mol. The smallest absolute Gasteiger partial charge is 0.409 e. The van der Waals surface area contributed by atoms with Crippen molar-refractivity contribution in [2.45, 2.75) is 6.54 Å². The molecule has 1 amide bonds. The van der Waals surface area contributed by atoms with Crippen molar-refractivity contribution in [1.82, 2.24) is 19.7 Å². The molecule has 11 heteroatoms. The molecule has 0 aliphatic heterocycles. The largest absolute Gasteiger partial charge is 0.465 e. The minimum Gasteiger partial charge on any atom is -0.465 e. The van der Waals surface area contributed by atoms with E-state index in [1.165, 1.54) is 6.07 Å². The van der Waals surface area contributed by atoms with E-state index in [0.717, 1.165) is 16.5 Å². The number of nitro groups is 1. The maximum atomic E-state index is 11.7. The number of fused-ring (bicyclic) bond motifs is 1. The summed E-state index contributed by atoms with van der Waals surface area (Å²) in [4.78, 5) is 30.9. The summed E-state index contributed by atoms with van der Waals surface area (Å²) in [6, 6.07) is 10.7. The number of carbonyl (C=O) groups is 1. The lowest BCUT2D eigenvalue weighted by Gasteiger charge is -2.12. The summed E-state index contributed by atoms with van der Waals surface area (Å²) in [6.07, 6.45) is 3.51. The molecular formula is C20H17N7O4. The monoisotopic (exact) mass is 419 g/mol. The Labute approximate surface area is 175 Å². The number of nitrogens with zero attached hydrogens (tertiary/aromatic N) is 5. The lowest BCUT2D eigenvalue weighted by atomic mass is 10.1. The molecule has 11 nitrogen and oxygen atoms in total. The summed E-state index contributed by atoms with van der Waals surface area (Å²) in [6.45, 7) is 0.238. The van der Waals surface area contributed by atoms with Crippen molar-refractivity contribution in [2.24, 2.45) is 7.05 Å². The number of rotatable bonds is 6. The van der Waals surface area contributed by atoms with Crippen LogP contribution in [0.2, 0.25) is 0 Å². The Morgan fingerprint density at radius 2 is 2.13 bits per heavy atom. The molecule has 3 aromatic heterocycles. The predicted octanol–water partition coefficient (Wildman–Crippen LogP) is 3.64. The van der Waals surface area contributed by atoms with Crippen molar-refractivity contribution in [3.8, 4) is 11.3 Å². The number of aryl methyl sites for hydroxylation is 1. The molecule has 3 N–H and O–H groups in total. The highest BCUT2D eigenvalue weighted by Gasteiger charge is 2.25. The summed E-state index contributed by atoms with van der Waals surface area (Å²) in [5.74, 6) is -0.0543. The zero-order chi connectivity index (χ0) is 22.0. The third-order valence-electron chi connectivity index (χ3n) is 4.54. The fourth-order valence-corrected chi connectivity index (χ4v) is 3.18. The highest BCUT2D eigenvalue weighted by Crippen LogP contribution is 2.35. The Morgan fingerprint density at radius 1 is 1.29 bits per heavy atom. The molecule has 0 saturated heterocycles. The molecule has 0 radical (unpaired) electrons. The van der Waals surface area contributed by atoms with Crippen LogP contribution in [0.3, 0.4) is 0 Å². The zero-order valence-corrected chi connectivity index (χ0v) is 16.3. The van der Waals surface area contributed by atoms with Crippen LogP contribution in [0.25, 0.3) is 22.2 Å². The van der Waals surface area contributed by atoms with Crippen LogP contribution in [-0.4, -0.2) is 35.9 Å². The summed E-state index contributed by atoms with van der Waals surface area (Å²) >= 11 is 0. The maximum Gasteiger partial charge on any atom is 0.409 e. The summed E-state index contributed by atoms with van der Waals surface area (Å²) in [7, 11) is 1.72. The van der Waals surface area contributed by atoms with Gasteiger partial charge in [0.2, 0.25) is 5.82 Å². The Hall–Kier alpha value is -4.54. The maximum absolute atomic E-state index is 11.7. The number of amides is 1. The molecule has 156 valence electrons. The van der Waals surface area contributed by atoms with Gasteiger partial charge in [-0.05, 0) is 29.8 Å². The first-order chi connectivity index (χ1) is 14.9. The molecule has 0 saturated carbocycles. The molecule has 1 aromatic carbocycles. The Morgan fingerprint density at radius 3 is 2.84 bits per heavy atom. The third kappa shape index (κ3) is 4.24. The fourth-order valence-electron chi connectivity index (χ4n) is 3.18. The first-order valence-electron chi connectivity index (χ1n) is 9.16. The van der Waals surface area contributed by atoms with Crippen LogP contribution >= 0.6 is 0 Å². The molecule has 0 bridgehead atoms. The van der Waals surface area contributed by atoms with Crippen LogP contribution < -0.4 is 10.6 Å². The normalized spacial score (nSPS) is 10.7. The number of pyridine rings is 2. The molecule has 0 unspecified atom stereocenters. The number of hydrogen-bond acceptors (Lipinski definition) is 7. The van der Waals surface area contributed by atoms with Gasteiger partial charge < -0.3 is 10.4 Å². The molecule has 0 fully saturated rings. The minimum atomic E-state index is -1.42. The first-order valence-corrected chi connectivity index (χ1v) is 9.16. The molecule has 0 aliphatic carbocycles. The molecular weight excluding hydrogens is 402 g/mol. The molecule has 4 rings (SSSR count). The van der Waals surface area contributed by atoms with E-state index >= 15 is 0 Å². The van der Waals surface area contributed by atoms with Gasteiger partial charge in [-0.25, -0.2) is 9.78 Å². The van der Waals surface area contributed by atoms with Gasteiger partial charge in [0.25, 0.3) is 0 Å². The SMILES string of the molecule is Cn1cc(-c2cc(NC(=O)O)c([N+](=O)[O-])c(NCc3ccc4ncccc4c3)n2)cn1. The number of anilines is 2. The van der Waals surface area contributed by atoms with Gasteiger partial charge in [-0.3, -0.25) is 25.1 Å². The van der Waals surface area contributed by atoms with Crippen LogP contribution in [0.15, 0.2) is 55.0 Å². The van der Waals surface area contributed by atoms with Gasteiger partial charge in [0.1, 0.15) is 5.69 Å². The van der Waals surface area contributed by atoms with Crippen molar-refractivity contribution in [1.29, 1.82) is 0 Å². The van der Waals surface area contributed by atoms with Crippen molar-refractivity contribution in [3.63, 3.8) is 0 Å². The lowest BCUT2D eigenvalue weighted by molar-refractivity contribution is -0.383. The van der Waals surface area contributed by atoms with Crippen molar-refractivity contribution >= 4 is 34.2 Å². The summed E-state index contributed by atoms with van der Waals surface area (Å²) < 4.78 is 1.55. The Balaban J connectivity index is 1.74. The second-order valence-corrected chi connectivity index (χ2v) is 6.73. The van der Waals surface area contributed by atoms with Crippen molar-refractivity contribution < 1.29 is 14.8 Å². The molecule has 0 atom stereocenters. The van der Waals surface area contributed by atoms with E-state index in [-0.39, 0.29) is 18.1 Å². The molecule has 0 spiro atoms. The van der Waals surface area contributed by atoms with E-state index in [2.05, 4.69) is 25.7 Å². The topological polar surface area (TPSA) is 148 Å². The van der Waals surface area contributed by atoms with E-state index in [4.69, 9.17) is 5.11 Å². The third-order valence-corrected chi connectivity index (χ3v) is 4.54. The Kier molecular flexibility index (Phi) is 5.14. The van der Waals surface area contributed by atoms with Gasteiger partial charge >= 0.3 is 11.8 Å². The summed E-state index contributed by atoms with van der Waals surface area (Å²) in [5, 5.41) is 30.9. The fraction of sp³-hybridized carbons (Fsp3) is 0.100. The van der Waals surface area contributed by atoms with Gasteiger partial charge in [0.05, 0.1) is 22.3 Å². The molecule has 3 heterocycles. The number of nitrogens with one attached hydrogen (secondary N) is 2. The van der Waals surface area contributed by atoms with Crippen LogP contribution in [0.4, 0.5) is 22.0 Å². The summed E-state index contributed by atoms with van der Waals surface area (Å²) in [5.41, 5.74) is 1.98. The second-order valence-electron chi connectivity index (χ2n) is 6.73.